The number of hydrogen-bond donors (Lipinski definition) is 3. The summed E-state index contributed by atoms with van der Waals surface area (Å²) in [5.74, 6) is -1.45. The van der Waals surface area contributed by atoms with Crippen LogP contribution in [0.25, 0.3) is 0 Å². The van der Waals surface area contributed by atoms with Gasteiger partial charge in [0, 0.05) is 17.6 Å². The number of aromatic nitrogens is 1. The number of nitrogens with one attached hydrogen (secondary N) is 3. The Labute approximate surface area is 161 Å². The van der Waals surface area contributed by atoms with Crippen LogP contribution in [0.4, 0.5) is 10.8 Å². The number of carbonyl (C=O) groups excluding carboxylic acids is 3. The quantitative estimate of drug-likeness (QED) is 0.687. The van der Waals surface area contributed by atoms with E-state index >= 15 is 0 Å². The molecule has 0 spiro atoms. The lowest BCUT2D eigenvalue weighted by molar-refractivity contribution is -0.134. The van der Waals surface area contributed by atoms with E-state index in [-0.39, 0.29) is 24.1 Å². The van der Waals surface area contributed by atoms with Gasteiger partial charge < -0.3 is 16.0 Å². The zero-order chi connectivity index (χ0) is 19.4. The molecule has 1 fully saturated rings. The third kappa shape index (κ3) is 5.13. The first kappa shape index (κ1) is 19.0. The van der Waals surface area contributed by atoms with Gasteiger partial charge in [-0.15, -0.1) is 11.3 Å². The van der Waals surface area contributed by atoms with Crippen LogP contribution in [0, 0.1) is 19.8 Å². The lowest BCUT2D eigenvalue weighted by atomic mass is 9.98. The van der Waals surface area contributed by atoms with E-state index in [1.807, 2.05) is 32.0 Å². The topological polar surface area (TPSA) is 100 Å². The van der Waals surface area contributed by atoms with Crippen LogP contribution in [0.3, 0.4) is 0 Å². The van der Waals surface area contributed by atoms with Gasteiger partial charge in [0.15, 0.2) is 5.13 Å². The van der Waals surface area contributed by atoms with Crippen molar-refractivity contribution in [2.24, 2.45) is 5.92 Å². The molecule has 1 atom stereocenters. The molecular formula is C19H22N4O3S. The van der Waals surface area contributed by atoms with Gasteiger partial charge in [0.05, 0.1) is 12.1 Å². The van der Waals surface area contributed by atoms with Gasteiger partial charge in [-0.05, 0) is 49.9 Å². The highest BCUT2D eigenvalue weighted by atomic mass is 32.1. The van der Waals surface area contributed by atoms with Crippen LogP contribution in [-0.2, 0) is 20.8 Å². The molecule has 1 saturated heterocycles. The van der Waals surface area contributed by atoms with Crippen molar-refractivity contribution in [2.45, 2.75) is 33.1 Å². The molecule has 3 N–H and O–H groups in total. The van der Waals surface area contributed by atoms with Crippen molar-refractivity contribution in [3.05, 3.63) is 40.4 Å². The second-order valence-electron chi connectivity index (χ2n) is 6.72. The minimum absolute atomic E-state index is 0.114. The van der Waals surface area contributed by atoms with Crippen LogP contribution in [0.5, 0.6) is 0 Å². The molecule has 7 nitrogen and oxygen atoms in total. The molecule has 3 amide bonds. The highest BCUT2D eigenvalue weighted by Gasteiger charge is 2.29. The van der Waals surface area contributed by atoms with E-state index in [0.717, 1.165) is 23.2 Å². The molecule has 3 rings (SSSR count). The maximum absolute atomic E-state index is 12.2. The number of rotatable bonds is 5. The smallest absolute Gasteiger partial charge is 0.238 e. The molecule has 1 aliphatic heterocycles. The summed E-state index contributed by atoms with van der Waals surface area (Å²) in [6, 6.07) is 5.86. The number of amides is 3. The number of thiazole rings is 1. The monoisotopic (exact) mass is 386 g/mol. The zero-order valence-corrected chi connectivity index (χ0v) is 16.1. The molecular weight excluding hydrogens is 364 g/mol. The van der Waals surface area contributed by atoms with Crippen molar-refractivity contribution < 1.29 is 14.4 Å². The molecule has 1 unspecified atom stereocenters. The first-order chi connectivity index (χ1) is 12.9. The molecule has 0 radical (unpaired) electrons. The standard InChI is InChI=1S/C19H22N4O3S/c1-11-6-12(2)8-13(7-11)21-16(24)9-14-10-27-19(22-14)23-18(26)15-4-3-5-20-17(15)25/h6-8,10,15H,3-5,9H2,1-2H3,(H,20,25)(H,21,24)(H,22,23,26). The second-order valence-corrected chi connectivity index (χ2v) is 7.58. The molecule has 1 aromatic carbocycles. The van der Waals surface area contributed by atoms with E-state index in [2.05, 4.69) is 20.9 Å². The first-order valence-corrected chi connectivity index (χ1v) is 9.70. The van der Waals surface area contributed by atoms with E-state index in [4.69, 9.17) is 0 Å². The Bertz CT molecular complexity index is 857. The highest BCUT2D eigenvalue weighted by molar-refractivity contribution is 7.13. The lowest BCUT2D eigenvalue weighted by Gasteiger charge is -2.20. The predicted octanol–water partition coefficient (Wildman–Crippen LogP) is 2.41. The Balaban J connectivity index is 1.56. The Hall–Kier alpha value is -2.74. The van der Waals surface area contributed by atoms with Crippen molar-refractivity contribution in [3.8, 4) is 0 Å². The van der Waals surface area contributed by atoms with Gasteiger partial charge in [-0.25, -0.2) is 4.98 Å². The molecule has 2 heterocycles. The Morgan fingerprint density at radius 3 is 2.67 bits per heavy atom. The zero-order valence-electron chi connectivity index (χ0n) is 15.3. The van der Waals surface area contributed by atoms with Gasteiger partial charge in [-0.1, -0.05) is 6.07 Å². The molecule has 1 aliphatic rings. The summed E-state index contributed by atoms with van der Waals surface area (Å²) in [6.45, 7) is 4.56. The molecule has 0 aliphatic carbocycles. The van der Waals surface area contributed by atoms with Gasteiger partial charge in [0.2, 0.25) is 17.7 Å². The van der Waals surface area contributed by atoms with E-state index in [9.17, 15) is 14.4 Å². The van der Waals surface area contributed by atoms with Gasteiger partial charge in [-0.2, -0.15) is 0 Å². The molecule has 2 aromatic rings. The van der Waals surface area contributed by atoms with E-state index in [1.54, 1.807) is 5.38 Å². The van der Waals surface area contributed by atoms with Crippen LogP contribution >= 0.6 is 11.3 Å². The van der Waals surface area contributed by atoms with E-state index in [1.165, 1.54) is 11.3 Å². The third-order valence-corrected chi connectivity index (χ3v) is 5.04. The van der Waals surface area contributed by atoms with Gasteiger partial charge in [-0.3, -0.25) is 14.4 Å². The molecule has 1 aromatic heterocycles. The van der Waals surface area contributed by atoms with Crippen molar-refractivity contribution in [3.63, 3.8) is 0 Å². The van der Waals surface area contributed by atoms with Gasteiger partial charge in [0.25, 0.3) is 0 Å². The van der Waals surface area contributed by atoms with Crippen molar-refractivity contribution in [1.82, 2.24) is 10.3 Å². The van der Waals surface area contributed by atoms with Crippen LogP contribution in [0.15, 0.2) is 23.6 Å². The molecule has 0 bridgehead atoms. The molecule has 27 heavy (non-hydrogen) atoms. The summed E-state index contributed by atoms with van der Waals surface area (Å²) in [4.78, 5) is 40.5. The van der Waals surface area contributed by atoms with Gasteiger partial charge >= 0.3 is 0 Å². The Morgan fingerprint density at radius 2 is 1.96 bits per heavy atom. The van der Waals surface area contributed by atoms with Crippen LogP contribution in [-0.4, -0.2) is 29.3 Å². The summed E-state index contributed by atoms with van der Waals surface area (Å²) in [5.41, 5.74) is 3.49. The SMILES string of the molecule is Cc1cc(C)cc(NC(=O)Cc2csc(NC(=O)C3CCCNC3=O)n2)c1. The average molecular weight is 386 g/mol. The van der Waals surface area contributed by atoms with Crippen LogP contribution in [0.1, 0.15) is 29.7 Å². The minimum atomic E-state index is -0.682. The van der Waals surface area contributed by atoms with Crippen molar-refractivity contribution in [1.29, 1.82) is 0 Å². The lowest BCUT2D eigenvalue weighted by Crippen LogP contribution is -2.42. The summed E-state index contributed by atoms with van der Waals surface area (Å²) in [5, 5.41) is 10.4. The number of anilines is 2. The maximum atomic E-state index is 12.2. The van der Waals surface area contributed by atoms with Gasteiger partial charge in [0.1, 0.15) is 5.92 Å². The highest BCUT2D eigenvalue weighted by Crippen LogP contribution is 2.20. The van der Waals surface area contributed by atoms with Crippen molar-refractivity contribution in [2.75, 3.05) is 17.2 Å². The molecule has 0 saturated carbocycles. The van der Waals surface area contributed by atoms with E-state index in [0.29, 0.717) is 23.8 Å². The number of aryl methyl sites for hydroxylation is 2. The number of piperidine rings is 1. The molecule has 142 valence electrons. The predicted molar refractivity (Wildman–Crippen MR) is 105 cm³/mol. The normalized spacial score (nSPS) is 16.5. The first-order valence-electron chi connectivity index (χ1n) is 8.82. The van der Waals surface area contributed by atoms with Crippen LogP contribution < -0.4 is 16.0 Å². The number of carbonyl (C=O) groups is 3. The number of nitrogens with zero attached hydrogens (tertiary/aromatic N) is 1. The average Bonchev–Trinajstić information content (AvgIpc) is 3.00. The molecule has 8 heteroatoms. The minimum Gasteiger partial charge on any atom is -0.355 e. The second kappa shape index (κ2) is 8.30. The van der Waals surface area contributed by atoms with Crippen LogP contribution in [0.2, 0.25) is 0 Å². The fourth-order valence-corrected chi connectivity index (χ4v) is 3.79. The van der Waals surface area contributed by atoms with E-state index < -0.39 is 5.92 Å². The fraction of sp³-hybridized carbons (Fsp3) is 0.368. The summed E-state index contributed by atoms with van der Waals surface area (Å²) in [6.07, 6.45) is 1.43. The van der Waals surface area contributed by atoms with Crippen molar-refractivity contribution >= 4 is 39.9 Å². The summed E-state index contributed by atoms with van der Waals surface area (Å²) in [7, 11) is 0. The number of benzene rings is 1. The summed E-state index contributed by atoms with van der Waals surface area (Å²) >= 11 is 1.24. The number of hydrogen-bond acceptors (Lipinski definition) is 5. The third-order valence-electron chi connectivity index (χ3n) is 4.23. The largest absolute Gasteiger partial charge is 0.355 e. The fourth-order valence-electron chi connectivity index (χ4n) is 3.08. The Kier molecular flexibility index (Phi) is 5.85. The maximum Gasteiger partial charge on any atom is 0.238 e. The summed E-state index contributed by atoms with van der Waals surface area (Å²) < 4.78 is 0. The Morgan fingerprint density at radius 1 is 1.22 bits per heavy atom.